The van der Waals surface area contributed by atoms with Crippen molar-refractivity contribution in [2.75, 3.05) is 6.54 Å². The molecular weight excluding hydrogens is 218 g/mol. The average molecular weight is 235 g/mol. The first-order chi connectivity index (χ1) is 7.74. The first kappa shape index (κ1) is 11.4. The summed E-state index contributed by atoms with van der Waals surface area (Å²) < 4.78 is 0. The Hall–Kier alpha value is -1.13. The maximum Gasteiger partial charge on any atom is 0.106 e. The summed E-state index contributed by atoms with van der Waals surface area (Å²) in [4.78, 5) is 1.21. The molecule has 0 aliphatic heterocycles. The number of hydrogen-bond donors (Lipinski definition) is 2. The monoisotopic (exact) mass is 235 g/mol. The number of H-pyrrole nitrogens is 1. The molecule has 0 atom stereocenters. The van der Waals surface area contributed by atoms with Gasteiger partial charge < -0.3 is 5.73 Å². The lowest BCUT2D eigenvalue weighted by atomic mass is 10.0. The summed E-state index contributed by atoms with van der Waals surface area (Å²) in [6.07, 6.45) is 0.886. The normalized spacial score (nSPS) is 11.2. The first-order valence-corrected chi connectivity index (χ1v) is 6.43. The molecule has 3 nitrogen and oxygen atoms in total. The third-order valence-corrected chi connectivity index (χ3v) is 3.50. The zero-order valence-corrected chi connectivity index (χ0v) is 10.5. The van der Waals surface area contributed by atoms with Crippen LogP contribution in [0.4, 0.5) is 0 Å². The second-order valence-corrected chi connectivity index (χ2v) is 5.08. The fraction of sp³-hybridized carbons (Fsp3) is 0.417. The molecule has 0 radical (unpaired) electrons. The van der Waals surface area contributed by atoms with Crippen LogP contribution < -0.4 is 5.73 Å². The summed E-state index contributed by atoms with van der Waals surface area (Å²) in [6, 6.07) is 4.15. The quantitative estimate of drug-likeness (QED) is 0.856. The highest BCUT2D eigenvalue weighted by Gasteiger charge is 2.16. The van der Waals surface area contributed by atoms with E-state index < -0.39 is 0 Å². The van der Waals surface area contributed by atoms with Crippen LogP contribution in [0.2, 0.25) is 0 Å². The largest absolute Gasteiger partial charge is 0.330 e. The third kappa shape index (κ3) is 2.03. The van der Waals surface area contributed by atoms with E-state index in [4.69, 9.17) is 5.73 Å². The Bertz CT molecular complexity index is 443. The lowest BCUT2D eigenvalue weighted by Crippen LogP contribution is -2.05. The molecule has 0 unspecified atom stereocenters. The van der Waals surface area contributed by atoms with Crippen LogP contribution >= 0.6 is 11.3 Å². The van der Waals surface area contributed by atoms with Gasteiger partial charge in [0, 0.05) is 11.3 Å². The van der Waals surface area contributed by atoms with Gasteiger partial charge in [0.05, 0.1) is 4.88 Å². The Kier molecular flexibility index (Phi) is 3.41. The second kappa shape index (κ2) is 4.80. The van der Waals surface area contributed by atoms with Crippen LogP contribution in [0.25, 0.3) is 10.6 Å². The van der Waals surface area contributed by atoms with E-state index in [1.54, 1.807) is 11.3 Å². The summed E-state index contributed by atoms with van der Waals surface area (Å²) >= 11 is 1.72. The first-order valence-electron chi connectivity index (χ1n) is 5.55. The number of thiophene rings is 1. The molecule has 86 valence electrons. The van der Waals surface area contributed by atoms with Crippen molar-refractivity contribution in [3.05, 3.63) is 28.8 Å². The Morgan fingerprint density at radius 1 is 1.50 bits per heavy atom. The van der Waals surface area contributed by atoms with E-state index in [-0.39, 0.29) is 0 Å². The number of aromatic amines is 1. The van der Waals surface area contributed by atoms with Gasteiger partial charge in [-0.05, 0) is 30.3 Å². The topological polar surface area (TPSA) is 54.7 Å². The number of nitrogens with one attached hydrogen (secondary N) is 1. The lowest BCUT2D eigenvalue weighted by Gasteiger charge is -2.06. The molecule has 0 bridgehead atoms. The summed E-state index contributed by atoms with van der Waals surface area (Å²) in [7, 11) is 0. The number of nitrogens with two attached hydrogens (primary N) is 1. The van der Waals surface area contributed by atoms with Gasteiger partial charge in [-0.1, -0.05) is 19.9 Å². The molecule has 4 heteroatoms. The van der Waals surface area contributed by atoms with Gasteiger partial charge in [0.1, 0.15) is 5.69 Å². The van der Waals surface area contributed by atoms with E-state index in [9.17, 15) is 0 Å². The van der Waals surface area contributed by atoms with E-state index in [1.165, 1.54) is 16.1 Å². The van der Waals surface area contributed by atoms with Gasteiger partial charge >= 0.3 is 0 Å². The SMILES string of the molecule is CC(C)c1[nH]nc(-c2cccs2)c1CCN. The van der Waals surface area contributed by atoms with Gasteiger partial charge in [-0.2, -0.15) is 5.10 Å². The van der Waals surface area contributed by atoms with Crippen LogP contribution in [0.15, 0.2) is 17.5 Å². The molecule has 0 fully saturated rings. The van der Waals surface area contributed by atoms with E-state index in [1.807, 2.05) is 0 Å². The molecule has 0 saturated carbocycles. The third-order valence-electron chi connectivity index (χ3n) is 2.63. The molecule has 3 N–H and O–H groups in total. The number of aromatic nitrogens is 2. The lowest BCUT2D eigenvalue weighted by molar-refractivity contribution is 0.791. The van der Waals surface area contributed by atoms with Crippen LogP contribution in [0.1, 0.15) is 31.0 Å². The van der Waals surface area contributed by atoms with Crippen LogP contribution in [-0.2, 0) is 6.42 Å². The van der Waals surface area contributed by atoms with Crippen LogP contribution in [0.3, 0.4) is 0 Å². The molecule has 0 saturated heterocycles. The van der Waals surface area contributed by atoms with Crippen molar-refractivity contribution in [1.29, 1.82) is 0 Å². The van der Waals surface area contributed by atoms with Gasteiger partial charge in [-0.15, -0.1) is 11.3 Å². The minimum Gasteiger partial charge on any atom is -0.330 e. The van der Waals surface area contributed by atoms with Gasteiger partial charge in [0.15, 0.2) is 0 Å². The molecule has 0 aliphatic carbocycles. The Balaban J connectivity index is 2.46. The molecule has 2 aromatic heterocycles. The Morgan fingerprint density at radius 2 is 2.31 bits per heavy atom. The van der Waals surface area contributed by atoms with Gasteiger partial charge in [-0.3, -0.25) is 5.10 Å². The maximum absolute atomic E-state index is 5.67. The fourth-order valence-corrected chi connectivity index (χ4v) is 2.61. The minimum absolute atomic E-state index is 0.461. The number of rotatable bonds is 4. The standard InChI is InChI=1S/C12H17N3S/c1-8(2)11-9(5-6-13)12(15-14-11)10-4-3-7-16-10/h3-4,7-8H,5-6,13H2,1-2H3,(H,14,15). The molecule has 0 amide bonds. The zero-order chi connectivity index (χ0) is 11.5. The van der Waals surface area contributed by atoms with Gasteiger partial charge in [-0.25, -0.2) is 0 Å². The Labute approximate surface area is 99.7 Å². The van der Waals surface area contributed by atoms with Crippen molar-refractivity contribution in [3.8, 4) is 10.6 Å². The minimum atomic E-state index is 0.461. The summed E-state index contributed by atoms with van der Waals surface area (Å²) in [5, 5.41) is 9.65. The Morgan fingerprint density at radius 3 is 2.88 bits per heavy atom. The van der Waals surface area contributed by atoms with Crippen molar-refractivity contribution in [3.63, 3.8) is 0 Å². The summed E-state index contributed by atoms with van der Waals surface area (Å²) in [6.45, 7) is 5.01. The molecular formula is C12H17N3S. The van der Waals surface area contributed by atoms with E-state index in [2.05, 4.69) is 41.6 Å². The number of nitrogens with zero attached hydrogens (tertiary/aromatic N) is 1. The van der Waals surface area contributed by atoms with Crippen LogP contribution in [0.5, 0.6) is 0 Å². The van der Waals surface area contributed by atoms with E-state index >= 15 is 0 Å². The van der Waals surface area contributed by atoms with Crippen molar-refractivity contribution >= 4 is 11.3 Å². The molecule has 16 heavy (non-hydrogen) atoms. The number of hydrogen-bond acceptors (Lipinski definition) is 3. The average Bonchev–Trinajstić information content (AvgIpc) is 2.84. The van der Waals surface area contributed by atoms with E-state index in [0.717, 1.165) is 12.1 Å². The zero-order valence-electron chi connectivity index (χ0n) is 9.66. The molecule has 0 spiro atoms. The van der Waals surface area contributed by atoms with Crippen molar-refractivity contribution in [1.82, 2.24) is 10.2 Å². The van der Waals surface area contributed by atoms with Gasteiger partial charge in [0.25, 0.3) is 0 Å². The van der Waals surface area contributed by atoms with Gasteiger partial charge in [0.2, 0.25) is 0 Å². The summed E-state index contributed by atoms with van der Waals surface area (Å²) in [5.74, 6) is 0.461. The van der Waals surface area contributed by atoms with Crippen molar-refractivity contribution < 1.29 is 0 Å². The van der Waals surface area contributed by atoms with Crippen molar-refractivity contribution in [2.45, 2.75) is 26.2 Å². The molecule has 2 rings (SSSR count). The highest BCUT2D eigenvalue weighted by molar-refractivity contribution is 7.13. The predicted molar refractivity (Wildman–Crippen MR) is 68.7 cm³/mol. The molecule has 2 heterocycles. The highest BCUT2D eigenvalue weighted by Crippen LogP contribution is 2.30. The smallest absolute Gasteiger partial charge is 0.106 e. The predicted octanol–water partition coefficient (Wildman–Crippen LogP) is 2.76. The van der Waals surface area contributed by atoms with Crippen LogP contribution in [0, 0.1) is 0 Å². The van der Waals surface area contributed by atoms with E-state index in [0.29, 0.717) is 12.5 Å². The molecule has 0 aliphatic rings. The molecule has 2 aromatic rings. The highest BCUT2D eigenvalue weighted by atomic mass is 32.1. The molecule has 0 aromatic carbocycles. The van der Waals surface area contributed by atoms with Crippen LogP contribution in [-0.4, -0.2) is 16.7 Å². The van der Waals surface area contributed by atoms with Crippen molar-refractivity contribution in [2.24, 2.45) is 5.73 Å². The fourth-order valence-electron chi connectivity index (χ4n) is 1.87. The second-order valence-electron chi connectivity index (χ2n) is 4.14. The maximum atomic E-state index is 5.67. The summed E-state index contributed by atoms with van der Waals surface area (Å²) in [5.41, 5.74) is 9.24.